The van der Waals surface area contributed by atoms with Gasteiger partial charge in [-0.2, -0.15) is 0 Å². The minimum absolute atomic E-state index is 0.156. The van der Waals surface area contributed by atoms with E-state index in [2.05, 4.69) is 10.1 Å². The predicted molar refractivity (Wildman–Crippen MR) is 78.2 cm³/mol. The van der Waals surface area contributed by atoms with Gasteiger partial charge in [-0.15, -0.1) is 0 Å². The van der Waals surface area contributed by atoms with E-state index in [1.165, 1.54) is 25.3 Å². The number of aromatic hydroxyl groups is 1. The van der Waals surface area contributed by atoms with Crippen molar-refractivity contribution in [2.75, 3.05) is 12.4 Å². The lowest BCUT2D eigenvalue weighted by Crippen LogP contribution is -2.08. The molecule has 0 spiro atoms. The monoisotopic (exact) mass is 309 g/mol. The first-order chi connectivity index (χ1) is 9.99. The minimum atomic E-state index is -0.531. The number of hydrogen-bond acceptors (Lipinski definition) is 4. The van der Waals surface area contributed by atoms with Crippen LogP contribution in [0.1, 0.15) is 15.9 Å². The standard InChI is InChI=1S/C15H13ClFNO3/c1-21-15(20)13-6-10(16)2-3-14(13)18-8-9-4-11(17)7-12(19)5-9/h2-7,18-19H,8H2,1H3. The molecule has 0 radical (unpaired) electrons. The Labute approximate surface area is 126 Å². The maximum atomic E-state index is 13.2. The maximum absolute atomic E-state index is 13.2. The van der Waals surface area contributed by atoms with Crippen molar-refractivity contribution in [3.05, 3.63) is 58.4 Å². The molecule has 2 N–H and O–H groups in total. The molecule has 0 heterocycles. The van der Waals surface area contributed by atoms with Crippen LogP contribution in [-0.2, 0) is 11.3 Å². The highest BCUT2D eigenvalue weighted by molar-refractivity contribution is 6.31. The zero-order chi connectivity index (χ0) is 15.4. The first-order valence-electron chi connectivity index (χ1n) is 6.10. The largest absolute Gasteiger partial charge is 0.508 e. The number of anilines is 1. The fourth-order valence-electron chi connectivity index (χ4n) is 1.88. The summed E-state index contributed by atoms with van der Waals surface area (Å²) in [7, 11) is 1.28. The van der Waals surface area contributed by atoms with E-state index < -0.39 is 11.8 Å². The highest BCUT2D eigenvalue weighted by atomic mass is 35.5. The van der Waals surface area contributed by atoms with Gasteiger partial charge in [0.25, 0.3) is 0 Å². The lowest BCUT2D eigenvalue weighted by molar-refractivity contribution is 0.0602. The average molecular weight is 310 g/mol. The quantitative estimate of drug-likeness (QED) is 0.848. The molecule has 2 aromatic carbocycles. The number of carbonyl (C=O) groups is 1. The summed E-state index contributed by atoms with van der Waals surface area (Å²) in [6.07, 6.45) is 0. The average Bonchev–Trinajstić information content (AvgIpc) is 2.44. The van der Waals surface area contributed by atoms with E-state index in [4.69, 9.17) is 11.6 Å². The first-order valence-corrected chi connectivity index (χ1v) is 6.47. The van der Waals surface area contributed by atoms with Crippen LogP contribution >= 0.6 is 11.6 Å². The van der Waals surface area contributed by atoms with E-state index in [-0.39, 0.29) is 17.9 Å². The van der Waals surface area contributed by atoms with Crippen molar-refractivity contribution in [2.24, 2.45) is 0 Å². The van der Waals surface area contributed by atoms with Crippen LogP contribution in [0.4, 0.5) is 10.1 Å². The highest BCUT2D eigenvalue weighted by Gasteiger charge is 2.12. The van der Waals surface area contributed by atoms with Gasteiger partial charge < -0.3 is 15.2 Å². The van der Waals surface area contributed by atoms with Crippen LogP contribution in [0.25, 0.3) is 0 Å². The number of phenols is 1. The molecule has 0 saturated carbocycles. The molecule has 0 aromatic heterocycles. The zero-order valence-corrected chi connectivity index (χ0v) is 11.9. The van der Waals surface area contributed by atoms with Crippen molar-refractivity contribution in [2.45, 2.75) is 6.54 Å². The zero-order valence-electron chi connectivity index (χ0n) is 11.2. The van der Waals surface area contributed by atoms with Gasteiger partial charge in [0.2, 0.25) is 0 Å². The molecule has 0 amide bonds. The normalized spacial score (nSPS) is 10.2. The number of nitrogens with one attached hydrogen (secondary N) is 1. The number of rotatable bonds is 4. The van der Waals surface area contributed by atoms with Gasteiger partial charge in [0.15, 0.2) is 0 Å². The van der Waals surface area contributed by atoms with Gasteiger partial charge >= 0.3 is 5.97 Å². The number of methoxy groups -OCH3 is 1. The number of halogens is 2. The fraction of sp³-hybridized carbons (Fsp3) is 0.133. The van der Waals surface area contributed by atoms with Crippen molar-refractivity contribution in [1.82, 2.24) is 0 Å². The lowest BCUT2D eigenvalue weighted by atomic mass is 10.1. The van der Waals surface area contributed by atoms with Gasteiger partial charge in [-0.05, 0) is 35.9 Å². The van der Waals surface area contributed by atoms with Gasteiger partial charge in [-0.1, -0.05) is 11.6 Å². The molecule has 6 heteroatoms. The number of hydrogen-bond donors (Lipinski definition) is 2. The summed E-state index contributed by atoms with van der Waals surface area (Å²) in [5.74, 6) is -1.21. The van der Waals surface area contributed by atoms with Crippen molar-refractivity contribution in [1.29, 1.82) is 0 Å². The summed E-state index contributed by atoms with van der Waals surface area (Å²) in [5.41, 5.74) is 1.33. The molecule has 0 saturated heterocycles. The van der Waals surface area contributed by atoms with E-state index in [0.29, 0.717) is 16.3 Å². The van der Waals surface area contributed by atoms with Gasteiger partial charge in [-0.3, -0.25) is 0 Å². The molecule has 0 aliphatic rings. The van der Waals surface area contributed by atoms with E-state index in [1.807, 2.05) is 0 Å². The summed E-state index contributed by atoms with van der Waals surface area (Å²) in [4.78, 5) is 11.7. The van der Waals surface area contributed by atoms with Crippen LogP contribution in [0.3, 0.4) is 0 Å². The van der Waals surface area contributed by atoms with Gasteiger partial charge in [0.05, 0.1) is 12.7 Å². The molecule has 21 heavy (non-hydrogen) atoms. The van der Waals surface area contributed by atoms with E-state index >= 15 is 0 Å². The van der Waals surface area contributed by atoms with Crippen molar-refractivity contribution >= 4 is 23.3 Å². The predicted octanol–water partition coefficient (Wildman–Crippen LogP) is 3.58. The Balaban J connectivity index is 2.21. The molecule has 0 aliphatic heterocycles. The molecule has 0 atom stereocenters. The van der Waals surface area contributed by atoms with Crippen LogP contribution in [-0.4, -0.2) is 18.2 Å². The third-order valence-electron chi connectivity index (χ3n) is 2.81. The molecule has 0 bridgehead atoms. The van der Waals surface area contributed by atoms with Gasteiger partial charge in [0, 0.05) is 23.3 Å². The molecule has 110 valence electrons. The SMILES string of the molecule is COC(=O)c1cc(Cl)ccc1NCc1cc(O)cc(F)c1. The second kappa shape index (κ2) is 6.45. The molecular formula is C15H13ClFNO3. The van der Waals surface area contributed by atoms with Crippen molar-refractivity contribution in [3.63, 3.8) is 0 Å². The number of benzene rings is 2. The Morgan fingerprint density at radius 3 is 2.76 bits per heavy atom. The second-order valence-corrected chi connectivity index (χ2v) is 4.79. The molecule has 2 rings (SSSR count). The Bertz CT molecular complexity index is 656. The fourth-order valence-corrected chi connectivity index (χ4v) is 2.05. The van der Waals surface area contributed by atoms with Crippen LogP contribution in [0, 0.1) is 5.82 Å². The topological polar surface area (TPSA) is 58.6 Å². The van der Waals surface area contributed by atoms with E-state index in [9.17, 15) is 14.3 Å². The Morgan fingerprint density at radius 1 is 1.33 bits per heavy atom. The van der Waals surface area contributed by atoms with Crippen molar-refractivity contribution < 1.29 is 19.0 Å². The summed E-state index contributed by atoms with van der Waals surface area (Å²) >= 11 is 5.86. The number of carbonyl (C=O) groups excluding carboxylic acids is 1. The van der Waals surface area contributed by atoms with Gasteiger partial charge in [-0.25, -0.2) is 9.18 Å². The van der Waals surface area contributed by atoms with Gasteiger partial charge in [0.1, 0.15) is 11.6 Å². The van der Waals surface area contributed by atoms with Crippen LogP contribution in [0.2, 0.25) is 5.02 Å². The maximum Gasteiger partial charge on any atom is 0.340 e. The molecule has 0 unspecified atom stereocenters. The molecule has 0 fully saturated rings. The van der Waals surface area contributed by atoms with Crippen LogP contribution in [0.15, 0.2) is 36.4 Å². The Morgan fingerprint density at radius 2 is 2.10 bits per heavy atom. The highest BCUT2D eigenvalue weighted by Crippen LogP contribution is 2.23. The van der Waals surface area contributed by atoms with Crippen molar-refractivity contribution in [3.8, 4) is 5.75 Å². The molecule has 4 nitrogen and oxygen atoms in total. The Hall–Kier alpha value is -2.27. The molecular weight excluding hydrogens is 297 g/mol. The minimum Gasteiger partial charge on any atom is -0.508 e. The molecule has 0 aliphatic carbocycles. The summed E-state index contributed by atoms with van der Waals surface area (Å²) in [6.45, 7) is 0.233. The summed E-state index contributed by atoms with van der Waals surface area (Å²) in [6, 6.07) is 8.49. The number of ether oxygens (including phenoxy) is 1. The number of phenolic OH excluding ortho intramolecular Hbond substituents is 1. The summed E-state index contributed by atoms with van der Waals surface area (Å²) < 4.78 is 17.9. The number of esters is 1. The second-order valence-electron chi connectivity index (χ2n) is 4.35. The van der Waals surface area contributed by atoms with E-state index in [1.54, 1.807) is 12.1 Å². The third kappa shape index (κ3) is 3.86. The Kier molecular flexibility index (Phi) is 4.65. The first kappa shape index (κ1) is 15.1. The van der Waals surface area contributed by atoms with E-state index in [0.717, 1.165) is 6.07 Å². The third-order valence-corrected chi connectivity index (χ3v) is 3.05. The lowest BCUT2D eigenvalue weighted by Gasteiger charge is -2.11. The molecule has 2 aromatic rings. The van der Waals surface area contributed by atoms with Crippen LogP contribution in [0.5, 0.6) is 5.75 Å². The van der Waals surface area contributed by atoms with Crippen LogP contribution < -0.4 is 5.32 Å². The summed E-state index contributed by atoms with van der Waals surface area (Å²) in [5, 5.41) is 12.7. The smallest absolute Gasteiger partial charge is 0.340 e.